The third-order valence-electron chi connectivity index (χ3n) is 13.3. The molecule has 0 bridgehead atoms. The van der Waals surface area contributed by atoms with E-state index < -0.39 is 46.1 Å². The molecular weight excluding hydrogens is 869 g/mol. The van der Waals surface area contributed by atoms with Crippen LogP contribution in [0.2, 0.25) is 0 Å². The molecule has 0 spiro atoms. The fourth-order valence-corrected chi connectivity index (χ4v) is 12.7. The number of amides is 1. The second-order valence-corrected chi connectivity index (χ2v) is 22.3. The zero-order chi connectivity index (χ0) is 46.3. The summed E-state index contributed by atoms with van der Waals surface area (Å²) in [5, 5.41) is 28.8. The number of para-hydroxylation sites is 1. The van der Waals surface area contributed by atoms with Gasteiger partial charge in [0.15, 0.2) is 5.79 Å². The molecule has 1 aliphatic carbocycles. The molecule has 4 heterocycles. The molecular formula is C49H62N4O10S2. The molecule has 65 heavy (non-hydrogen) atoms. The number of rotatable bonds is 17. The number of carboxylic acids is 1. The number of carbonyl (C=O) groups is 2. The molecule has 14 nitrogen and oxygen atoms in total. The normalized spacial score (nSPS) is 22.5. The van der Waals surface area contributed by atoms with Gasteiger partial charge in [-0.25, -0.2) is 18.0 Å². The lowest BCUT2D eigenvalue weighted by atomic mass is 9.76. The summed E-state index contributed by atoms with van der Waals surface area (Å²) in [5.41, 5.74) is 5.19. The third-order valence-corrected chi connectivity index (χ3v) is 16.5. The van der Waals surface area contributed by atoms with Crippen molar-refractivity contribution in [1.29, 1.82) is 0 Å². The van der Waals surface area contributed by atoms with E-state index >= 15 is 0 Å². The van der Waals surface area contributed by atoms with Crippen LogP contribution in [0.3, 0.4) is 0 Å². The number of nitrogens with zero attached hydrogens (tertiary/aromatic N) is 2. The Morgan fingerprint density at radius 1 is 1.00 bits per heavy atom. The maximum atomic E-state index is 14.0. The molecule has 0 saturated carbocycles. The van der Waals surface area contributed by atoms with Crippen molar-refractivity contribution in [3.63, 3.8) is 0 Å². The largest absolute Gasteiger partial charge is 0.497 e. The van der Waals surface area contributed by atoms with Gasteiger partial charge in [0.2, 0.25) is 10.0 Å². The second-order valence-electron chi connectivity index (χ2n) is 19.2. The van der Waals surface area contributed by atoms with Gasteiger partial charge in [-0.1, -0.05) is 58.0 Å². The molecule has 16 heteroatoms. The maximum absolute atomic E-state index is 14.0. The highest BCUT2D eigenvalue weighted by atomic mass is 32.2. The molecule has 4 N–H and O–H groups in total. The zero-order valence-electron chi connectivity index (χ0n) is 38.0. The first-order valence-corrected chi connectivity index (χ1v) is 24.8. The van der Waals surface area contributed by atoms with E-state index in [0.717, 1.165) is 65.3 Å². The topological polar surface area (TPSA) is 176 Å². The highest BCUT2D eigenvalue weighted by Crippen LogP contribution is 2.48. The molecule has 350 valence electrons. The molecule has 4 aromatic rings. The number of aromatic carboxylic acids is 1. The van der Waals surface area contributed by atoms with Crippen LogP contribution < -0.4 is 20.3 Å². The number of carbonyl (C=O) groups excluding carboxylic acids is 1. The van der Waals surface area contributed by atoms with Gasteiger partial charge in [0, 0.05) is 48.0 Å². The number of ether oxygens (including phenoxy) is 4. The number of aryl methyl sites for hydroxylation is 1. The lowest BCUT2D eigenvalue weighted by Gasteiger charge is -2.42. The van der Waals surface area contributed by atoms with Crippen LogP contribution in [0, 0.1) is 17.3 Å². The van der Waals surface area contributed by atoms with E-state index in [2.05, 4.69) is 35.4 Å². The van der Waals surface area contributed by atoms with Crippen molar-refractivity contribution in [2.75, 3.05) is 56.7 Å². The molecule has 4 aliphatic rings. The summed E-state index contributed by atoms with van der Waals surface area (Å²) in [6.45, 7) is 12.1. The van der Waals surface area contributed by atoms with Gasteiger partial charge in [-0.15, -0.1) is 11.3 Å². The van der Waals surface area contributed by atoms with Crippen LogP contribution in [-0.4, -0.2) is 112 Å². The minimum Gasteiger partial charge on any atom is -0.497 e. The summed E-state index contributed by atoms with van der Waals surface area (Å²) in [6, 6.07) is 21.2. The van der Waals surface area contributed by atoms with Crippen LogP contribution in [-0.2, 0) is 43.5 Å². The van der Waals surface area contributed by atoms with E-state index in [4.69, 9.17) is 18.9 Å². The summed E-state index contributed by atoms with van der Waals surface area (Å²) in [6.07, 6.45) is 0.994. The Labute approximate surface area is 386 Å². The number of carboxylic acid groups (broad SMARTS) is 1. The molecule has 3 fully saturated rings. The lowest BCUT2D eigenvalue weighted by Crippen LogP contribution is -2.55. The van der Waals surface area contributed by atoms with Crippen molar-refractivity contribution in [1.82, 2.24) is 9.62 Å². The van der Waals surface area contributed by atoms with E-state index in [9.17, 15) is 28.2 Å². The van der Waals surface area contributed by atoms with E-state index in [1.54, 1.807) is 23.5 Å². The van der Waals surface area contributed by atoms with Crippen LogP contribution >= 0.6 is 11.3 Å². The number of anilines is 2. The Kier molecular flexibility index (Phi) is 13.6. The Hall–Kier alpha value is -4.71. The number of thiophene rings is 1. The van der Waals surface area contributed by atoms with Crippen LogP contribution in [0.5, 0.6) is 5.75 Å². The first kappa shape index (κ1) is 46.8. The van der Waals surface area contributed by atoms with E-state index in [1.807, 2.05) is 63.2 Å². The molecule has 1 amide bonds. The number of alkyl carbamates (subject to hydrolysis) is 1. The van der Waals surface area contributed by atoms with Gasteiger partial charge in [0.05, 0.1) is 59.8 Å². The lowest BCUT2D eigenvalue weighted by molar-refractivity contribution is -0.181. The van der Waals surface area contributed by atoms with Gasteiger partial charge in [0.1, 0.15) is 11.9 Å². The number of aliphatic hydroxyl groups excluding tert-OH is 1. The Balaban J connectivity index is 0.951. The molecule has 3 saturated heterocycles. The minimum absolute atomic E-state index is 0.0571. The van der Waals surface area contributed by atoms with Crippen molar-refractivity contribution in [3.8, 4) is 16.2 Å². The number of fused-ring (bicyclic) bond motifs is 2. The fraction of sp³-hybridized carbons (Fsp3) is 0.510. The van der Waals surface area contributed by atoms with Gasteiger partial charge >= 0.3 is 12.1 Å². The third kappa shape index (κ3) is 10.2. The highest BCUT2D eigenvalue weighted by Gasteiger charge is 2.53. The number of methoxy groups -OCH3 is 1. The summed E-state index contributed by atoms with van der Waals surface area (Å²) < 4.78 is 52.0. The standard InChI is InChI=1S/C49H62N4O10S2/c1-30(2)25-53(65(58,59)35-17-15-34(60-6)16-18-35)28-41(54)39(51-47(57)63-42-29-62-49(5)38(42)20-22-61-49)23-31-11-13-32(14-12-31)50-33-26-52(27-33)40-10-8-7-9-36(40)45-44(46(55)56)37-24-48(3,4)21-19-43(37)64-45/h7-18,30,33,38-39,41-42,50,54H,19-29H2,1-6H3,(H,51,57)(H,55,56)/t38-,39-,41+,42-,49+/m0/s1. The van der Waals surface area contributed by atoms with E-state index in [0.29, 0.717) is 24.3 Å². The van der Waals surface area contributed by atoms with Crippen LogP contribution in [0.1, 0.15) is 73.8 Å². The molecule has 3 aromatic carbocycles. The smallest absolute Gasteiger partial charge is 0.407 e. The molecule has 1 aromatic heterocycles. The quantitative estimate of drug-likeness (QED) is 0.0825. The monoisotopic (exact) mass is 930 g/mol. The van der Waals surface area contributed by atoms with E-state index in [1.165, 1.54) is 28.4 Å². The number of nitrogens with one attached hydrogen (secondary N) is 2. The highest BCUT2D eigenvalue weighted by molar-refractivity contribution is 7.89. The summed E-state index contributed by atoms with van der Waals surface area (Å²) in [7, 11) is -2.53. The molecule has 0 radical (unpaired) electrons. The Morgan fingerprint density at radius 2 is 1.72 bits per heavy atom. The van der Waals surface area contributed by atoms with Crippen LogP contribution in [0.15, 0.2) is 77.7 Å². The van der Waals surface area contributed by atoms with Crippen LogP contribution in [0.25, 0.3) is 10.4 Å². The van der Waals surface area contributed by atoms with Crippen molar-refractivity contribution in [2.24, 2.45) is 17.3 Å². The average molecular weight is 931 g/mol. The summed E-state index contributed by atoms with van der Waals surface area (Å²) in [4.78, 5) is 30.7. The number of sulfonamides is 1. The van der Waals surface area contributed by atoms with Crippen molar-refractivity contribution in [2.45, 2.75) is 102 Å². The van der Waals surface area contributed by atoms with Crippen molar-refractivity contribution < 1.29 is 47.2 Å². The minimum atomic E-state index is -4.04. The van der Waals surface area contributed by atoms with Gasteiger partial charge in [-0.05, 0) is 104 Å². The average Bonchev–Trinajstić information content (AvgIpc) is 3.92. The number of benzene rings is 3. The molecule has 5 atom stereocenters. The number of aliphatic hydroxyl groups is 1. The predicted molar refractivity (Wildman–Crippen MR) is 250 cm³/mol. The van der Waals surface area contributed by atoms with Crippen molar-refractivity contribution in [3.05, 3.63) is 94.4 Å². The zero-order valence-corrected chi connectivity index (χ0v) is 39.7. The van der Waals surface area contributed by atoms with Gasteiger partial charge in [-0.2, -0.15) is 4.31 Å². The predicted octanol–water partition coefficient (Wildman–Crippen LogP) is 7.43. The Bertz CT molecular complexity index is 2450. The maximum Gasteiger partial charge on any atom is 0.407 e. The number of hydrogen-bond acceptors (Lipinski definition) is 12. The Morgan fingerprint density at radius 3 is 2.42 bits per heavy atom. The molecule has 0 unspecified atom stereocenters. The first-order valence-electron chi connectivity index (χ1n) is 22.6. The van der Waals surface area contributed by atoms with Gasteiger partial charge < -0.3 is 44.7 Å². The molecule has 3 aliphatic heterocycles. The van der Waals surface area contributed by atoms with E-state index in [-0.39, 0.29) is 54.3 Å². The van der Waals surface area contributed by atoms with Gasteiger partial charge in [-0.3, -0.25) is 0 Å². The second kappa shape index (κ2) is 18.9. The SMILES string of the molecule is COc1ccc(S(=O)(=O)N(CC(C)C)C[C@@H](O)[C@H](Cc2ccc(NC3CN(c4ccccc4-c4sc5c(c4C(=O)O)CC(C)(C)CC5)C3)cc2)NC(=O)O[C@H]2CO[C@@]3(C)OCC[C@@H]23)cc1. The molecule has 8 rings (SSSR count). The summed E-state index contributed by atoms with van der Waals surface area (Å²) in [5.74, 6) is -1.36. The van der Waals surface area contributed by atoms with Crippen LogP contribution in [0.4, 0.5) is 16.2 Å². The first-order chi connectivity index (χ1) is 30.9. The summed E-state index contributed by atoms with van der Waals surface area (Å²) >= 11 is 1.63. The fourth-order valence-electron chi connectivity index (χ4n) is 9.70. The van der Waals surface area contributed by atoms with Gasteiger partial charge in [0.25, 0.3) is 0 Å². The number of hydrogen-bond donors (Lipinski definition) is 4. The van der Waals surface area contributed by atoms with Crippen molar-refractivity contribution >= 4 is 44.8 Å².